The number of anilines is 1. The molecule has 0 fully saturated rings. The molecule has 0 radical (unpaired) electrons. The Morgan fingerprint density at radius 3 is 2.43 bits per heavy atom. The molecule has 0 aliphatic rings. The SMILES string of the molecule is Cn1c(SCC(=O)NNC(=O)CC#N)nnc1-c1ccc(NS(C)(=O)=O)cc1. The Morgan fingerprint density at radius 2 is 1.82 bits per heavy atom. The lowest BCUT2D eigenvalue weighted by Crippen LogP contribution is -2.42. The van der Waals surface area contributed by atoms with Crippen LogP contribution in [0.4, 0.5) is 5.69 Å². The van der Waals surface area contributed by atoms with Crippen LogP contribution in [0.2, 0.25) is 0 Å². The van der Waals surface area contributed by atoms with E-state index in [1.165, 1.54) is 0 Å². The van der Waals surface area contributed by atoms with E-state index in [4.69, 9.17) is 5.26 Å². The van der Waals surface area contributed by atoms with Crippen molar-refractivity contribution < 1.29 is 18.0 Å². The molecule has 1 aromatic heterocycles. The Balaban J connectivity index is 1.97. The molecular formula is C15H17N7O4S2. The van der Waals surface area contributed by atoms with Crippen molar-refractivity contribution in [3.05, 3.63) is 24.3 Å². The molecule has 11 nitrogen and oxygen atoms in total. The van der Waals surface area contributed by atoms with Crippen LogP contribution < -0.4 is 15.6 Å². The number of aromatic nitrogens is 3. The zero-order valence-corrected chi connectivity index (χ0v) is 16.6. The average Bonchev–Trinajstić information content (AvgIpc) is 2.98. The fraction of sp³-hybridized carbons (Fsp3) is 0.267. The van der Waals surface area contributed by atoms with Crippen LogP contribution in [-0.4, -0.2) is 47.0 Å². The number of nitriles is 1. The Bertz CT molecular complexity index is 1010. The van der Waals surface area contributed by atoms with Crippen molar-refractivity contribution in [1.29, 1.82) is 5.26 Å². The van der Waals surface area contributed by atoms with E-state index in [-0.39, 0.29) is 12.2 Å². The number of nitrogens with zero attached hydrogens (tertiary/aromatic N) is 4. The molecule has 2 aromatic rings. The first-order valence-electron chi connectivity index (χ1n) is 7.74. The van der Waals surface area contributed by atoms with E-state index < -0.39 is 21.8 Å². The number of amides is 2. The number of nitrogens with one attached hydrogen (secondary N) is 3. The highest BCUT2D eigenvalue weighted by Gasteiger charge is 2.13. The van der Waals surface area contributed by atoms with E-state index in [0.717, 1.165) is 18.0 Å². The molecule has 0 unspecified atom stereocenters. The van der Waals surface area contributed by atoms with E-state index in [1.807, 2.05) is 0 Å². The summed E-state index contributed by atoms with van der Waals surface area (Å²) in [6.45, 7) is 0. The van der Waals surface area contributed by atoms with Crippen molar-refractivity contribution in [2.24, 2.45) is 7.05 Å². The first-order chi connectivity index (χ1) is 13.2. The summed E-state index contributed by atoms with van der Waals surface area (Å²) < 4.78 is 26.6. The maximum absolute atomic E-state index is 11.7. The Hall–Kier alpha value is -3.11. The molecule has 2 rings (SSSR count). The summed E-state index contributed by atoms with van der Waals surface area (Å²) in [7, 11) is -1.63. The summed E-state index contributed by atoms with van der Waals surface area (Å²) in [5, 5.41) is 17.0. The highest BCUT2D eigenvalue weighted by molar-refractivity contribution is 7.99. The van der Waals surface area contributed by atoms with Gasteiger partial charge in [-0.1, -0.05) is 11.8 Å². The zero-order valence-electron chi connectivity index (χ0n) is 15.0. The lowest BCUT2D eigenvalue weighted by atomic mass is 10.2. The minimum absolute atomic E-state index is 0.0178. The zero-order chi connectivity index (χ0) is 20.7. The standard InChI is InChI=1S/C15H17N7O4S2/c1-22-14(10-3-5-11(6-4-10)21-28(2,25)26)19-20-15(22)27-9-13(24)18-17-12(23)7-8-16/h3-6,21H,7,9H2,1-2H3,(H,17,23)(H,18,24). The van der Waals surface area contributed by atoms with Crippen molar-refractivity contribution in [3.63, 3.8) is 0 Å². The van der Waals surface area contributed by atoms with Gasteiger partial charge in [-0.2, -0.15) is 5.26 Å². The normalized spacial score (nSPS) is 10.8. The largest absolute Gasteiger partial charge is 0.305 e. The number of benzene rings is 1. The predicted molar refractivity (Wildman–Crippen MR) is 102 cm³/mol. The molecule has 0 atom stereocenters. The van der Waals surface area contributed by atoms with Crippen molar-refractivity contribution in [2.45, 2.75) is 11.6 Å². The monoisotopic (exact) mass is 423 g/mol. The smallest absolute Gasteiger partial charge is 0.252 e. The van der Waals surface area contributed by atoms with Gasteiger partial charge in [0, 0.05) is 18.3 Å². The van der Waals surface area contributed by atoms with Gasteiger partial charge in [0.2, 0.25) is 15.9 Å². The van der Waals surface area contributed by atoms with Crippen LogP contribution in [0.25, 0.3) is 11.4 Å². The summed E-state index contributed by atoms with van der Waals surface area (Å²) >= 11 is 1.12. The highest BCUT2D eigenvalue weighted by Crippen LogP contribution is 2.24. The summed E-state index contributed by atoms with van der Waals surface area (Å²) in [4.78, 5) is 22.8. The summed E-state index contributed by atoms with van der Waals surface area (Å²) in [5.41, 5.74) is 5.46. The number of sulfonamides is 1. The van der Waals surface area contributed by atoms with Gasteiger partial charge in [0.15, 0.2) is 11.0 Å². The van der Waals surface area contributed by atoms with E-state index in [1.54, 1.807) is 41.9 Å². The Labute approximate surface area is 165 Å². The second-order valence-corrected chi connectivity index (χ2v) is 8.23. The molecule has 0 saturated carbocycles. The van der Waals surface area contributed by atoms with Gasteiger partial charge >= 0.3 is 0 Å². The first kappa shape index (κ1) is 21.2. The molecule has 148 valence electrons. The third kappa shape index (κ3) is 6.25. The number of carbonyl (C=O) groups is 2. The number of hydrazine groups is 1. The number of hydrogen-bond acceptors (Lipinski definition) is 8. The van der Waals surface area contributed by atoms with Gasteiger partial charge < -0.3 is 4.57 Å². The van der Waals surface area contributed by atoms with Gasteiger partial charge in [-0.25, -0.2) is 8.42 Å². The van der Waals surface area contributed by atoms with Crippen LogP contribution >= 0.6 is 11.8 Å². The molecule has 28 heavy (non-hydrogen) atoms. The lowest BCUT2D eigenvalue weighted by molar-refractivity contribution is -0.127. The lowest BCUT2D eigenvalue weighted by Gasteiger charge is -2.07. The van der Waals surface area contributed by atoms with Crippen LogP contribution in [0.3, 0.4) is 0 Å². The topological polar surface area (TPSA) is 159 Å². The van der Waals surface area contributed by atoms with Crippen LogP contribution in [0.5, 0.6) is 0 Å². The molecule has 0 spiro atoms. The van der Waals surface area contributed by atoms with Gasteiger partial charge in [0.05, 0.1) is 18.1 Å². The fourth-order valence-electron chi connectivity index (χ4n) is 2.01. The van der Waals surface area contributed by atoms with Crippen LogP contribution in [0, 0.1) is 11.3 Å². The molecule has 3 N–H and O–H groups in total. The van der Waals surface area contributed by atoms with Gasteiger partial charge in [0.1, 0.15) is 6.42 Å². The van der Waals surface area contributed by atoms with E-state index in [2.05, 4.69) is 25.8 Å². The van der Waals surface area contributed by atoms with Crippen LogP contribution in [0.15, 0.2) is 29.4 Å². The maximum Gasteiger partial charge on any atom is 0.252 e. The van der Waals surface area contributed by atoms with Crippen molar-refractivity contribution in [3.8, 4) is 17.5 Å². The predicted octanol–water partition coefficient (Wildman–Crippen LogP) is 0.00678. The van der Waals surface area contributed by atoms with Crippen molar-refractivity contribution >= 4 is 39.3 Å². The molecule has 0 aliphatic carbocycles. The van der Waals surface area contributed by atoms with Gasteiger partial charge in [-0.3, -0.25) is 25.2 Å². The molecule has 0 aliphatic heterocycles. The Morgan fingerprint density at radius 1 is 1.18 bits per heavy atom. The molecular weight excluding hydrogens is 406 g/mol. The third-order valence-electron chi connectivity index (χ3n) is 3.19. The molecule has 0 bridgehead atoms. The molecule has 1 heterocycles. The van der Waals surface area contributed by atoms with Crippen molar-refractivity contribution in [2.75, 3.05) is 16.7 Å². The van der Waals surface area contributed by atoms with Gasteiger partial charge in [-0.05, 0) is 24.3 Å². The number of carbonyl (C=O) groups excluding carboxylic acids is 2. The number of rotatable bonds is 7. The number of hydrogen-bond donors (Lipinski definition) is 3. The van der Waals surface area contributed by atoms with Gasteiger partial charge in [-0.15, -0.1) is 10.2 Å². The van der Waals surface area contributed by atoms with Crippen molar-refractivity contribution in [1.82, 2.24) is 25.6 Å². The summed E-state index contributed by atoms with van der Waals surface area (Å²) in [6, 6.07) is 8.27. The second kappa shape index (κ2) is 9.20. The highest BCUT2D eigenvalue weighted by atomic mass is 32.2. The van der Waals surface area contributed by atoms with Gasteiger partial charge in [0.25, 0.3) is 5.91 Å². The molecule has 2 amide bonds. The fourth-order valence-corrected chi connectivity index (χ4v) is 3.29. The second-order valence-electron chi connectivity index (χ2n) is 5.54. The quantitative estimate of drug-likeness (QED) is 0.415. The van der Waals surface area contributed by atoms with E-state index in [0.29, 0.717) is 22.2 Å². The molecule has 13 heteroatoms. The van der Waals surface area contributed by atoms with Crippen LogP contribution in [-0.2, 0) is 26.7 Å². The van der Waals surface area contributed by atoms with E-state index in [9.17, 15) is 18.0 Å². The Kier molecular flexibility index (Phi) is 6.96. The average molecular weight is 423 g/mol. The molecule has 1 aromatic carbocycles. The minimum atomic E-state index is -3.35. The molecule has 0 saturated heterocycles. The number of thioether (sulfide) groups is 1. The van der Waals surface area contributed by atoms with Crippen LogP contribution in [0.1, 0.15) is 6.42 Å². The minimum Gasteiger partial charge on any atom is -0.305 e. The third-order valence-corrected chi connectivity index (χ3v) is 4.82. The maximum atomic E-state index is 11.7. The summed E-state index contributed by atoms with van der Waals surface area (Å²) in [6.07, 6.45) is 0.719. The van der Waals surface area contributed by atoms with E-state index >= 15 is 0 Å². The summed E-state index contributed by atoms with van der Waals surface area (Å²) in [5.74, 6) is -0.542. The first-order valence-corrected chi connectivity index (χ1v) is 10.6.